The van der Waals surface area contributed by atoms with Gasteiger partial charge in [-0.05, 0) is 31.2 Å². The third-order valence-corrected chi connectivity index (χ3v) is 5.79. The zero-order chi connectivity index (χ0) is 30.9. The van der Waals surface area contributed by atoms with Gasteiger partial charge in [0.15, 0.2) is 5.96 Å². The van der Waals surface area contributed by atoms with Crippen molar-refractivity contribution < 1.29 is 39.0 Å². The molecule has 0 aromatic heterocycles. The van der Waals surface area contributed by atoms with Gasteiger partial charge in [-0.3, -0.25) is 29.0 Å². The van der Waals surface area contributed by atoms with E-state index in [0.717, 1.165) is 0 Å². The molecule has 41 heavy (non-hydrogen) atoms. The molecule has 13 N–H and O–H groups in total. The minimum absolute atomic E-state index is 0.0133. The first kappa shape index (κ1) is 34.3. The van der Waals surface area contributed by atoms with E-state index in [-0.39, 0.29) is 51.0 Å². The van der Waals surface area contributed by atoms with E-state index in [1.807, 2.05) is 0 Å². The highest BCUT2D eigenvalue weighted by Gasteiger charge is 2.30. The molecule has 0 saturated carbocycles. The van der Waals surface area contributed by atoms with E-state index in [9.17, 15) is 33.9 Å². The number of aliphatic imine (C=N–C) groups is 1. The zero-order valence-corrected chi connectivity index (χ0v) is 22.5. The lowest BCUT2D eigenvalue weighted by Crippen LogP contribution is -2.57. The summed E-state index contributed by atoms with van der Waals surface area (Å²) < 4.78 is 0. The van der Waals surface area contributed by atoms with E-state index < -0.39 is 66.2 Å². The molecular weight excluding hydrogens is 540 g/mol. The maximum absolute atomic E-state index is 13.2. The summed E-state index contributed by atoms with van der Waals surface area (Å²) in [7, 11) is 0. The van der Waals surface area contributed by atoms with E-state index in [0.29, 0.717) is 5.56 Å². The number of aliphatic carboxylic acids is 2. The van der Waals surface area contributed by atoms with Crippen LogP contribution in [0.1, 0.15) is 44.1 Å². The molecule has 0 aliphatic rings. The summed E-state index contributed by atoms with van der Waals surface area (Å²) in [6.07, 6.45) is -0.972. The van der Waals surface area contributed by atoms with Gasteiger partial charge >= 0.3 is 11.9 Å². The van der Waals surface area contributed by atoms with Crippen molar-refractivity contribution >= 4 is 41.5 Å². The predicted molar refractivity (Wildman–Crippen MR) is 147 cm³/mol. The monoisotopic (exact) mass is 578 g/mol. The average molecular weight is 579 g/mol. The van der Waals surface area contributed by atoms with Crippen LogP contribution in [0.25, 0.3) is 0 Å². The average Bonchev–Trinajstić information content (AvgIpc) is 2.90. The number of rotatable bonds is 19. The Morgan fingerprint density at radius 3 is 1.85 bits per heavy atom. The number of nitrogens with one attached hydrogen (secondary N) is 3. The molecule has 1 aromatic carbocycles. The molecule has 0 saturated heterocycles. The minimum Gasteiger partial charge on any atom is -0.481 e. The Morgan fingerprint density at radius 2 is 1.32 bits per heavy atom. The summed E-state index contributed by atoms with van der Waals surface area (Å²) >= 11 is 0. The van der Waals surface area contributed by atoms with Crippen LogP contribution in [0.3, 0.4) is 0 Å². The fourth-order valence-electron chi connectivity index (χ4n) is 3.61. The fraction of sp³-hybridized carbons (Fsp3) is 0.480. The number of carbonyl (C=O) groups excluding carboxylic acids is 4. The molecule has 1 aromatic rings. The number of carbonyl (C=O) groups is 6. The van der Waals surface area contributed by atoms with Crippen molar-refractivity contribution in [3.05, 3.63) is 35.9 Å². The van der Waals surface area contributed by atoms with Crippen LogP contribution in [0.2, 0.25) is 0 Å². The van der Waals surface area contributed by atoms with Gasteiger partial charge in [0.25, 0.3) is 0 Å². The van der Waals surface area contributed by atoms with Crippen LogP contribution < -0.4 is 38.9 Å². The van der Waals surface area contributed by atoms with Gasteiger partial charge < -0.3 is 49.1 Å². The van der Waals surface area contributed by atoms with E-state index >= 15 is 0 Å². The molecule has 4 atom stereocenters. The number of benzene rings is 1. The third-order valence-electron chi connectivity index (χ3n) is 5.79. The highest BCUT2D eigenvalue weighted by Crippen LogP contribution is 2.07. The van der Waals surface area contributed by atoms with Gasteiger partial charge in [0.05, 0.1) is 6.04 Å². The van der Waals surface area contributed by atoms with Crippen molar-refractivity contribution in [2.24, 2.45) is 27.9 Å². The Kier molecular flexibility index (Phi) is 14.9. The zero-order valence-electron chi connectivity index (χ0n) is 22.5. The molecule has 0 aliphatic heterocycles. The third kappa shape index (κ3) is 14.3. The van der Waals surface area contributed by atoms with Crippen LogP contribution in [-0.4, -0.2) is 82.5 Å². The number of hydrogen-bond donors (Lipinski definition) is 9. The Balaban J connectivity index is 3.09. The number of guanidine groups is 1. The first-order chi connectivity index (χ1) is 19.3. The molecule has 0 spiro atoms. The molecule has 0 heterocycles. The normalized spacial score (nSPS) is 13.5. The smallest absolute Gasteiger partial charge is 0.326 e. The molecule has 0 bridgehead atoms. The van der Waals surface area contributed by atoms with Crippen molar-refractivity contribution in [2.45, 2.75) is 69.1 Å². The van der Waals surface area contributed by atoms with Crippen LogP contribution in [-0.2, 0) is 35.2 Å². The summed E-state index contributed by atoms with van der Waals surface area (Å²) in [5, 5.41) is 25.7. The molecule has 0 radical (unpaired) electrons. The maximum Gasteiger partial charge on any atom is 0.326 e. The lowest BCUT2D eigenvalue weighted by atomic mass is 10.0. The lowest BCUT2D eigenvalue weighted by Gasteiger charge is -2.25. The molecule has 226 valence electrons. The van der Waals surface area contributed by atoms with Gasteiger partial charge in [0.1, 0.15) is 18.1 Å². The molecule has 4 unspecified atom stereocenters. The number of hydrogen-bond acceptors (Lipinski definition) is 8. The van der Waals surface area contributed by atoms with E-state index in [4.69, 9.17) is 28.0 Å². The fourth-order valence-corrected chi connectivity index (χ4v) is 3.61. The first-order valence-electron chi connectivity index (χ1n) is 12.8. The molecule has 16 nitrogen and oxygen atoms in total. The number of primary amides is 1. The number of nitrogens with zero attached hydrogens (tertiary/aromatic N) is 1. The van der Waals surface area contributed by atoms with Crippen LogP contribution in [0.5, 0.6) is 0 Å². The summed E-state index contributed by atoms with van der Waals surface area (Å²) in [5.74, 6) is -5.95. The van der Waals surface area contributed by atoms with Crippen molar-refractivity contribution in [1.29, 1.82) is 0 Å². The van der Waals surface area contributed by atoms with Gasteiger partial charge in [0, 0.05) is 25.8 Å². The summed E-state index contributed by atoms with van der Waals surface area (Å²) in [6.45, 7) is 0.106. The van der Waals surface area contributed by atoms with Crippen LogP contribution in [0, 0.1) is 0 Å². The second-order valence-electron chi connectivity index (χ2n) is 9.20. The number of amides is 4. The van der Waals surface area contributed by atoms with Gasteiger partial charge in [-0.1, -0.05) is 30.3 Å². The van der Waals surface area contributed by atoms with E-state index in [2.05, 4.69) is 20.9 Å². The molecule has 0 fully saturated rings. The Labute approximate surface area is 236 Å². The van der Waals surface area contributed by atoms with Gasteiger partial charge in [0.2, 0.25) is 23.6 Å². The first-order valence-corrected chi connectivity index (χ1v) is 12.8. The van der Waals surface area contributed by atoms with Crippen molar-refractivity contribution in [2.75, 3.05) is 6.54 Å². The standard InChI is InChI=1S/C25H38N8O8/c26-15(8-11-20(35)36)21(37)31-17(9-10-19(27)34)23(39)32-16(7-4-12-30-25(28)29)22(38)33-18(24(40)41)13-14-5-2-1-3-6-14/h1-3,5-6,15-18H,4,7-13,26H2,(H2,27,34)(H,31,37)(H,32,39)(H,33,38)(H,35,36)(H,40,41)(H4,28,29,30). The van der Waals surface area contributed by atoms with Crippen molar-refractivity contribution in [3.63, 3.8) is 0 Å². The topological polar surface area (TPSA) is 295 Å². The molecule has 4 amide bonds. The second-order valence-corrected chi connectivity index (χ2v) is 9.20. The molecular formula is C25H38N8O8. The largest absolute Gasteiger partial charge is 0.481 e. The Morgan fingerprint density at radius 1 is 0.756 bits per heavy atom. The predicted octanol–water partition coefficient (Wildman–Crippen LogP) is -2.72. The van der Waals surface area contributed by atoms with Crippen LogP contribution >= 0.6 is 0 Å². The van der Waals surface area contributed by atoms with Gasteiger partial charge in [-0.15, -0.1) is 0 Å². The Bertz CT molecular complexity index is 1090. The summed E-state index contributed by atoms with van der Waals surface area (Å²) in [5.41, 5.74) is 22.2. The van der Waals surface area contributed by atoms with Crippen molar-refractivity contribution in [1.82, 2.24) is 16.0 Å². The van der Waals surface area contributed by atoms with Crippen LogP contribution in [0.15, 0.2) is 35.3 Å². The quantitative estimate of drug-likeness (QED) is 0.0461. The summed E-state index contributed by atoms with van der Waals surface area (Å²) in [4.78, 5) is 76.7. The maximum atomic E-state index is 13.2. The molecule has 1 rings (SSSR count). The van der Waals surface area contributed by atoms with Gasteiger partial charge in [-0.2, -0.15) is 0 Å². The highest BCUT2D eigenvalue weighted by molar-refractivity contribution is 5.94. The van der Waals surface area contributed by atoms with E-state index in [1.165, 1.54) is 0 Å². The number of carboxylic acid groups (broad SMARTS) is 2. The van der Waals surface area contributed by atoms with Crippen molar-refractivity contribution in [3.8, 4) is 0 Å². The lowest BCUT2D eigenvalue weighted by molar-refractivity contribution is -0.142. The van der Waals surface area contributed by atoms with E-state index in [1.54, 1.807) is 30.3 Å². The number of nitrogens with two attached hydrogens (primary N) is 4. The Hall–Kier alpha value is -4.73. The summed E-state index contributed by atoms with van der Waals surface area (Å²) in [6, 6.07) is 3.37. The molecule has 16 heteroatoms. The minimum atomic E-state index is -1.36. The van der Waals surface area contributed by atoms with Crippen LogP contribution in [0.4, 0.5) is 0 Å². The number of carboxylic acids is 2. The van der Waals surface area contributed by atoms with Gasteiger partial charge in [-0.25, -0.2) is 4.79 Å². The SMILES string of the molecule is NC(=O)CCC(NC(=O)C(N)CCC(=O)O)C(=O)NC(CCCN=C(N)N)C(=O)NC(Cc1ccccc1)C(=O)O. The molecule has 0 aliphatic carbocycles. The second kappa shape index (κ2) is 17.8. The highest BCUT2D eigenvalue weighted by atomic mass is 16.4.